The molecule has 1 aromatic rings. The van der Waals surface area contributed by atoms with E-state index in [9.17, 15) is 0 Å². The highest BCUT2D eigenvalue weighted by Gasteiger charge is 2.15. The van der Waals surface area contributed by atoms with Crippen LogP contribution in [0.25, 0.3) is 0 Å². The summed E-state index contributed by atoms with van der Waals surface area (Å²) in [7, 11) is 3.50. The first-order valence-electron chi connectivity index (χ1n) is 9.63. The summed E-state index contributed by atoms with van der Waals surface area (Å²) in [4.78, 5) is 6.85. The molecule has 1 heterocycles. The molecule has 1 fully saturated rings. The van der Waals surface area contributed by atoms with Gasteiger partial charge in [-0.2, -0.15) is 0 Å². The van der Waals surface area contributed by atoms with E-state index in [0.29, 0.717) is 13.2 Å². The number of hydrogen-bond donors (Lipinski definition) is 2. The Hall–Kier alpha value is -1.06. The maximum atomic E-state index is 5.75. The summed E-state index contributed by atoms with van der Waals surface area (Å²) in [6, 6.07) is 7.95. The van der Waals surface area contributed by atoms with Crippen LogP contribution in [-0.2, 0) is 4.74 Å². The van der Waals surface area contributed by atoms with Crippen molar-refractivity contribution in [3.8, 4) is 5.75 Å². The summed E-state index contributed by atoms with van der Waals surface area (Å²) in [5, 5.41) is 6.73. The predicted octanol–water partition coefficient (Wildman–Crippen LogP) is 3.44. The van der Waals surface area contributed by atoms with Crippen molar-refractivity contribution in [2.45, 2.75) is 26.2 Å². The minimum atomic E-state index is 0. The monoisotopic (exact) mass is 490 g/mol. The second kappa shape index (κ2) is 14.0. The van der Waals surface area contributed by atoms with Crippen LogP contribution in [0.15, 0.2) is 29.3 Å². The second-order valence-electron chi connectivity index (χ2n) is 6.89. The van der Waals surface area contributed by atoms with E-state index in [0.717, 1.165) is 42.8 Å². The number of ether oxygens (including phenoxy) is 2. The van der Waals surface area contributed by atoms with Gasteiger partial charge >= 0.3 is 0 Å². The Labute approximate surface area is 181 Å². The molecule has 2 rings (SSSR count). The first kappa shape index (κ1) is 24.0. The van der Waals surface area contributed by atoms with Crippen LogP contribution in [0, 0.1) is 5.92 Å². The highest BCUT2D eigenvalue weighted by molar-refractivity contribution is 14.0. The smallest absolute Gasteiger partial charge is 0.195 e. The number of piperidine rings is 1. The zero-order valence-electron chi connectivity index (χ0n) is 16.9. The third kappa shape index (κ3) is 9.62. The second-order valence-corrected chi connectivity index (χ2v) is 6.89. The Morgan fingerprint density at radius 2 is 2.19 bits per heavy atom. The van der Waals surface area contributed by atoms with E-state index in [-0.39, 0.29) is 24.0 Å². The number of benzene rings is 1. The van der Waals surface area contributed by atoms with Crippen LogP contribution in [0.1, 0.15) is 26.2 Å². The van der Waals surface area contributed by atoms with E-state index in [1.807, 2.05) is 24.3 Å². The lowest BCUT2D eigenvalue weighted by atomic mass is 10.0. The van der Waals surface area contributed by atoms with E-state index in [1.54, 1.807) is 14.2 Å². The number of nitrogens with one attached hydrogen (secondary N) is 2. The van der Waals surface area contributed by atoms with Gasteiger partial charge in [0.05, 0.1) is 6.61 Å². The van der Waals surface area contributed by atoms with Crippen LogP contribution < -0.4 is 15.4 Å². The van der Waals surface area contributed by atoms with Gasteiger partial charge in [0.15, 0.2) is 5.96 Å². The van der Waals surface area contributed by atoms with Gasteiger partial charge < -0.3 is 25.0 Å². The molecule has 1 aromatic carbocycles. The van der Waals surface area contributed by atoms with Crippen molar-refractivity contribution in [3.05, 3.63) is 24.3 Å². The highest BCUT2D eigenvalue weighted by atomic mass is 127. The van der Waals surface area contributed by atoms with Crippen LogP contribution in [0.5, 0.6) is 5.75 Å². The first-order chi connectivity index (χ1) is 12.7. The van der Waals surface area contributed by atoms with E-state index < -0.39 is 0 Å². The van der Waals surface area contributed by atoms with Crippen molar-refractivity contribution >= 4 is 35.6 Å². The molecular weight excluding hydrogens is 455 g/mol. The average Bonchev–Trinajstić information content (AvgIpc) is 2.65. The molecule has 1 unspecified atom stereocenters. The maximum Gasteiger partial charge on any atom is 0.195 e. The van der Waals surface area contributed by atoms with Crippen molar-refractivity contribution in [2.24, 2.45) is 10.9 Å². The van der Waals surface area contributed by atoms with Gasteiger partial charge in [0, 0.05) is 58.6 Å². The van der Waals surface area contributed by atoms with Gasteiger partial charge in [-0.25, -0.2) is 0 Å². The SMILES string of the molecule is CN=C(NCCN1CCCC(C)C1)Nc1cccc(OCCCOC)c1.I. The molecule has 6 nitrogen and oxygen atoms in total. The zero-order chi connectivity index (χ0) is 18.6. The van der Waals surface area contributed by atoms with Crippen LogP contribution in [0.3, 0.4) is 0 Å². The van der Waals surface area contributed by atoms with E-state index in [2.05, 4.69) is 27.4 Å². The third-order valence-electron chi connectivity index (χ3n) is 4.54. The topological polar surface area (TPSA) is 58.1 Å². The summed E-state index contributed by atoms with van der Waals surface area (Å²) in [6.07, 6.45) is 3.55. The number of halogens is 1. The number of rotatable bonds is 9. The van der Waals surface area contributed by atoms with E-state index >= 15 is 0 Å². The molecular formula is C20H35IN4O2. The van der Waals surface area contributed by atoms with Gasteiger partial charge in [-0.1, -0.05) is 13.0 Å². The Morgan fingerprint density at radius 3 is 2.93 bits per heavy atom. The molecule has 27 heavy (non-hydrogen) atoms. The lowest BCUT2D eigenvalue weighted by molar-refractivity contribution is 0.172. The van der Waals surface area contributed by atoms with Gasteiger partial charge in [-0.15, -0.1) is 24.0 Å². The molecule has 1 aliphatic rings. The number of anilines is 1. The molecule has 0 spiro atoms. The van der Waals surface area contributed by atoms with Crippen LogP contribution in [0.4, 0.5) is 5.69 Å². The lowest BCUT2D eigenvalue weighted by Gasteiger charge is -2.30. The van der Waals surface area contributed by atoms with E-state index in [4.69, 9.17) is 9.47 Å². The predicted molar refractivity (Wildman–Crippen MR) is 124 cm³/mol. The maximum absolute atomic E-state index is 5.75. The Bertz CT molecular complexity index is 557. The Morgan fingerprint density at radius 1 is 1.33 bits per heavy atom. The minimum absolute atomic E-state index is 0. The Kier molecular flexibility index (Phi) is 12.4. The number of aliphatic imine (C=N–C) groups is 1. The highest BCUT2D eigenvalue weighted by Crippen LogP contribution is 2.17. The lowest BCUT2D eigenvalue weighted by Crippen LogP contribution is -2.41. The molecule has 1 saturated heterocycles. The molecule has 0 saturated carbocycles. The average molecular weight is 490 g/mol. The van der Waals surface area contributed by atoms with Gasteiger partial charge in [-0.3, -0.25) is 4.99 Å². The van der Waals surface area contributed by atoms with Crippen molar-refractivity contribution in [2.75, 3.05) is 58.9 Å². The minimum Gasteiger partial charge on any atom is -0.493 e. The molecule has 0 amide bonds. The fraction of sp³-hybridized carbons (Fsp3) is 0.650. The van der Waals surface area contributed by atoms with Crippen LogP contribution >= 0.6 is 24.0 Å². The van der Waals surface area contributed by atoms with Gasteiger partial charge in [0.1, 0.15) is 5.75 Å². The standard InChI is InChI=1S/C20H34N4O2.HI/c1-17-7-5-11-24(16-17)12-10-22-20(21-2)23-18-8-4-9-19(15-18)26-14-6-13-25-3;/h4,8-9,15,17H,5-7,10-14,16H2,1-3H3,(H2,21,22,23);1H. The van der Waals surface area contributed by atoms with Crippen molar-refractivity contribution in [1.82, 2.24) is 10.2 Å². The summed E-state index contributed by atoms with van der Waals surface area (Å²) in [6.45, 7) is 8.05. The molecule has 7 heteroatoms. The number of likely N-dealkylation sites (tertiary alicyclic amines) is 1. The van der Waals surface area contributed by atoms with Gasteiger partial charge in [0.25, 0.3) is 0 Å². The fourth-order valence-electron chi connectivity index (χ4n) is 3.20. The molecule has 0 radical (unpaired) electrons. The zero-order valence-corrected chi connectivity index (χ0v) is 19.2. The number of hydrogen-bond acceptors (Lipinski definition) is 4. The largest absolute Gasteiger partial charge is 0.493 e. The normalized spacial score (nSPS) is 17.9. The number of guanidine groups is 1. The van der Waals surface area contributed by atoms with Crippen molar-refractivity contribution < 1.29 is 9.47 Å². The van der Waals surface area contributed by atoms with Gasteiger partial charge in [0.2, 0.25) is 0 Å². The molecule has 1 aliphatic heterocycles. The third-order valence-corrected chi connectivity index (χ3v) is 4.54. The molecule has 0 aliphatic carbocycles. The van der Waals surface area contributed by atoms with Gasteiger partial charge in [-0.05, 0) is 37.4 Å². The summed E-state index contributed by atoms with van der Waals surface area (Å²) < 4.78 is 10.8. The van der Waals surface area contributed by atoms with Crippen LogP contribution in [-0.4, -0.2) is 64.4 Å². The Balaban J connectivity index is 0.00000364. The quantitative estimate of drug-likeness (QED) is 0.241. The van der Waals surface area contributed by atoms with Crippen molar-refractivity contribution in [1.29, 1.82) is 0 Å². The van der Waals surface area contributed by atoms with Crippen molar-refractivity contribution in [3.63, 3.8) is 0 Å². The molecule has 0 aromatic heterocycles. The molecule has 2 N–H and O–H groups in total. The molecule has 1 atom stereocenters. The van der Waals surface area contributed by atoms with E-state index in [1.165, 1.54) is 25.9 Å². The van der Waals surface area contributed by atoms with Crippen LogP contribution in [0.2, 0.25) is 0 Å². The fourth-order valence-corrected chi connectivity index (χ4v) is 3.20. The molecule has 0 bridgehead atoms. The summed E-state index contributed by atoms with van der Waals surface area (Å²) in [5.74, 6) is 2.45. The number of methoxy groups -OCH3 is 1. The summed E-state index contributed by atoms with van der Waals surface area (Å²) >= 11 is 0. The first-order valence-corrected chi connectivity index (χ1v) is 9.63. The molecule has 154 valence electrons. The summed E-state index contributed by atoms with van der Waals surface area (Å²) in [5.41, 5.74) is 0.967. The number of nitrogens with zero attached hydrogens (tertiary/aromatic N) is 2.